The predicted molar refractivity (Wildman–Crippen MR) is 168 cm³/mol. The third-order valence-electron chi connectivity index (χ3n) is 6.83. The number of H-pyrrole nitrogens is 1. The van der Waals surface area contributed by atoms with Crippen molar-refractivity contribution in [3.63, 3.8) is 0 Å². The Balaban J connectivity index is 1.08. The second kappa shape index (κ2) is 13.1. The molecular formula is C34H26F2N6O4. The van der Waals surface area contributed by atoms with Crippen LogP contribution in [0.25, 0.3) is 22.8 Å². The van der Waals surface area contributed by atoms with Gasteiger partial charge in [-0.1, -0.05) is 24.8 Å². The van der Waals surface area contributed by atoms with Gasteiger partial charge in [0.15, 0.2) is 11.6 Å². The molecule has 0 aliphatic rings. The molecule has 12 heteroatoms. The van der Waals surface area contributed by atoms with Crippen molar-refractivity contribution in [2.24, 2.45) is 0 Å². The Morgan fingerprint density at radius 2 is 1.80 bits per heavy atom. The zero-order valence-electron chi connectivity index (χ0n) is 24.2. The van der Waals surface area contributed by atoms with E-state index in [2.05, 4.69) is 32.2 Å². The van der Waals surface area contributed by atoms with Crippen LogP contribution in [0.15, 0.2) is 104 Å². The van der Waals surface area contributed by atoms with E-state index in [0.29, 0.717) is 33.9 Å². The van der Waals surface area contributed by atoms with Gasteiger partial charge in [-0.2, -0.15) is 0 Å². The maximum absolute atomic E-state index is 15.0. The molecule has 10 nitrogen and oxygen atoms in total. The fourth-order valence-electron chi connectivity index (χ4n) is 4.69. The number of imidazole rings is 1. The molecule has 3 aromatic carbocycles. The van der Waals surface area contributed by atoms with Crippen molar-refractivity contribution in [3.05, 3.63) is 133 Å². The van der Waals surface area contributed by atoms with Crippen LogP contribution >= 0.6 is 0 Å². The quantitative estimate of drug-likeness (QED) is 0.153. The average molecular weight is 621 g/mol. The van der Waals surface area contributed by atoms with E-state index in [1.54, 1.807) is 18.3 Å². The molecule has 0 saturated heterocycles. The number of ether oxygens (including phenoxy) is 2. The molecule has 0 fully saturated rings. The van der Waals surface area contributed by atoms with Crippen LogP contribution in [0.3, 0.4) is 0 Å². The summed E-state index contributed by atoms with van der Waals surface area (Å²) in [4.78, 5) is 36.2. The second-order valence-electron chi connectivity index (χ2n) is 10.1. The van der Waals surface area contributed by atoms with Gasteiger partial charge in [0, 0.05) is 36.4 Å². The van der Waals surface area contributed by atoms with Gasteiger partial charge in [0.05, 0.1) is 23.2 Å². The molecule has 3 N–H and O–H groups in total. The zero-order chi connectivity index (χ0) is 32.0. The number of hydrogen-bond acceptors (Lipinski definition) is 6. The highest BCUT2D eigenvalue weighted by atomic mass is 19.1. The van der Waals surface area contributed by atoms with Crippen LogP contribution < -0.4 is 20.1 Å². The predicted octanol–water partition coefficient (Wildman–Crippen LogP) is 6.93. The Labute approximate surface area is 261 Å². The number of amides is 3. The van der Waals surface area contributed by atoms with Gasteiger partial charge in [0.1, 0.15) is 35.4 Å². The van der Waals surface area contributed by atoms with Crippen molar-refractivity contribution in [1.29, 1.82) is 0 Å². The minimum absolute atomic E-state index is 0.0833. The Hall–Kier alpha value is -6.30. The number of nitrogens with one attached hydrogen (secondary N) is 3. The summed E-state index contributed by atoms with van der Waals surface area (Å²) < 4.78 is 41.9. The van der Waals surface area contributed by atoms with Crippen LogP contribution in [0.1, 0.15) is 17.1 Å². The fourth-order valence-corrected chi connectivity index (χ4v) is 4.69. The summed E-state index contributed by atoms with van der Waals surface area (Å²) in [5, 5.41) is 5.19. The van der Waals surface area contributed by atoms with Gasteiger partial charge in [-0.25, -0.2) is 23.5 Å². The maximum Gasteiger partial charge on any atom is 0.325 e. The van der Waals surface area contributed by atoms with E-state index in [-0.39, 0.29) is 24.5 Å². The van der Waals surface area contributed by atoms with Gasteiger partial charge in [-0.15, -0.1) is 0 Å². The number of carbonyl (C=O) groups excluding carboxylic acids is 2. The van der Waals surface area contributed by atoms with Crippen molar-refractivity contribution >= 4 is 34.7 Å². The van der Waals surface area contributed by atoms with E-state index in [9.17, 15) is 14.0 Å². The highest BCUT2D eigenvalue weighted by Gasteiger charge is 2.14. The van der Waals surface area contributed by atoms with Gasteiger partial charge in [-0.3, -0.25) is 10.1 Å². The van der Waals surface area contributed by atoms with Crippen LogP contribution in [0.2, 0.25) is 0 Å². The molecule has 0 aliphatic heterocycles. The molecule has 0 bridgehead atoms. The molecule has 0 aliphatic carbocycles. The number of aromatic nitrogens is 4. The number of hydrogen-bond donors (Lipinski definition) is 3. The first-order valence-corrected chi connectivity index (χ1v) is 14.0. The van der Waals surface area contributed by atoms with Crippen LogP contribution in [-0.2, 0) is 17.8 Å². The number of pyridine rings is 1. The van der Waals surface area contributed by atoms with E-state index in [1.807, 2.05) is 41.1 Å². The number of fused-ring (bicyclic) bond motifs is 1. The van der Waals surface area contributed by atoms with Crippen molar-refractivity contribution in [1.82, 2.24) is 24.8 Å². The van der Waals surface area contributed by atoms with Crippen molar-refractivity contribution in [2.45, 2.75) is 13.0 Å². The van der Waals surface area contributed by atoms with E-state index in [1.165, 1.54) is 42.6 Å². The van der Waals surface area contributed by atoms with Crippen LogP contribution in [0.5, 0.6) is 17.2 Å². The number of halogens is 2. The molecule has 0 unspecified atom stereocenters. The average Bonchev–Trinajstić information content (AvgIpc) is 3.70. The normalized spacial score (nSPS) is 10.8. The molecule has 46 heavy (non-hydrogen) atoms. The third kappa shape index (κ3) is 6.91. The number of imide groups is 1. The lowest BCUT2D eigenvalue weighted by Gasteiger charge is -2.10. The second-order valence-corrected chi connectivity index (χ2v) is 10.1. The van der Waals surface area contributed by atoms with E-state index < -0.39 is 23.6 Å². The fraction of sp³-hybridized carbons (Fsp3) is 0.0588. The van der Waals surface area contributed by atoms with Crippen LogP contribution in [0, 0.1) is 11.6 Å². The van der Waals surface area contributed by atoms with Crippen molar-refractivity contribution < 1.29 is 27.8 Å². The summed E-state index contributed by atoms with van der Waals surface area (Å²) in [5.74, 6) is -0.142. The molecule has 3 heterocycles. The number of urea groups is 1. The molecule has 0 saturated carbocycles. The molecule has 230 valence electrons. The van der Waals surface area contributed by atoms with Gasteiger partial charge >= 0.3 is 6.03 Å². The molecule has 6 rings (SSSR count). The maximum atomic E-state index is 15.0. The largest absolute Gasteiger partial charge is 0.487 e. The minimum Gasteiger partial charge on any atom is -0.487 e. The van der Waals surface area contributed by atoms with E-state index >= 15 is 4.39 Å². The molecule has 0 spiro atoms. The first-order valence-electron chi connectivity index (χ1n) is 14.0. The molecule has 0 radical (unpaired) electrons. The number of rotatable bonds is 10. The summed E-state index contributed by atoms with van der Waals surface area (Å²) in [5.41, 5.74) is 2.76. The first-order chi connectivity index (χ1) is 22.3. The molecule has 0 atom stereocenters. The smallest absolute Gasteiger partial charge is 0.325 e. The summed E-state index contributed by atoms with van der Waals surface area (Å²) in [6, 6.07) is 19.4. The summed E-state index contributed by atoms with van der Waals surface area (Å²) in [7, 11) is 0. The summed E-state index contributed by atoms with van der Waals surface area (Å²) in [6.45, 7) is 4.00. The Kier molecular flexibility index (Phi) is 8.50. The molecular weight excluding hydrogens is 594 g/mol. The van der Waals surface area contributed by atoms with E-state index in [0.717, 1.165) is 17.4 Å². The molecule has 6 aromatic rings. The Morgan fingerprint density at radius 3 is 2.61 bits per heavy atom. The zero-order valence-corrected chi connectivity index (χ0v) is 24.2. The Morgan fingerprint density at radius 1 is 0.957 bits per heavy atom. The lowest BCUT2D eigenvalue weighted by Crippen LogP contribution is -2.35. The number of benzene rings is 3. The third-order valence-corrected chi connectivity index (χ3v) is 6.83. The highest BCUT2D eigenvalue weighted by molar-refractivity contribution is 6.01. The van der Waals surface area contributed by atoms with Gasteiger partial charge in [0.25, 0.3) is 0 Å². The van der Waals surface area contributed by atoms with Gasteiger partial charge in [0.2, 0.25) is 5.91 Å². The topological polar surface area (TPSA) is 123 Å². The lowest BCUT2D eigenvalue weighted by atomic mass is 10.1. The monoisotopic (exact) mass is 620 g/mol. The van der Waals surface area contributed by atoms with Crippen molar-refractivity contribution in [2.75, 3.05) is 5.32 Å². The lowest BCUT2D eigenvalue weighted by molar-refractivity contribution is -0.119. The van der Waals surface area contributed by atoms with Gasteiger partial charge in [-0.05, 0) is 60.2 Å². The molecule has 3 aromatic heterocycles. The Bertz CT molecular complexity index is 2050. The number of aromatic amines is 1. The summed E-state index contributed by atoms with van der Waals surface area (Å²) in [6.07, 6.45) is 6.61. The summed E-state index contributed by atoms with van der Waals surface area (Å²) >= 11 is 0. The van der Waals surface area contributed by atoms with Crippen LogP contribution in [-0.4, -0.2) is 31.5 Å². The number of anilines is 1. The first kappa shape index (κ1) is 29.8. The van der Waals surface area contributed by atoms with Crippen LogP contribution in [0.4, 0.5) is 19.3 Å². The van der Waals surface area contributed by atoms with E-state index in [4.69, 9.17) is 9.47 Å². The van der Waals surface area contributed by atoms with Gasteiger partial charge < -0.3 is 24.3 Å². The highest BCUT2D eigenvalue weighted by Crippen LogP contribution is 2.32. The number of carbonyl (C=O) groups is 2. The minimum atomic E-state index is -0.840. The SMILES string of the molecule is C=Cc1nccn1-c1cccc(OCc2cc3c(Oc4ccc(NC(=O)NC(=O)Cc5ccc(F)cc5)cc4F)ccnc3[nH]2)c1. The standard InChI is InChI=1S/C34H26F2N6O4/c1-2-31-37-14-15-42(31)25-4-3-5-26(19-25)45-20-24-17-27-29(12-13-38-33(27)39-24)46-30-11-10-23(18-28(30)36)40-34(44)41-32(43)16-21-6-8-22(35)9-7-21/h2-15,17-19H,1,16,20H2,(H,38,39)(H2,40,41,43,44). The van der Waals surface area contributed by atoms with Crippen molar-refractivity contribution in [3.8, 4) is 22.9 Å². The number of nitrogens with zero attached hydrogens (tertiary/aromatic N) is 3. The molecule has 3 amide bonds.